The molecule has 0 saturated heterocycles. The molecule has 4 nitrogen and oxygen atoms in total. The Morgan fingerprint density at radius 2 is 2.05 bits per heavy atom. The fourth-order valence-electron chi connectivity index (χ4n) is 1.87. The molecule has 0 unspecified atom stereocenters. The Bertz CT molecular complexity index is 615. The van der Waals surface area contributed by atoms with Crippen LogP contribution >= 0.6 is 15.9 Å². The van der Waals surface area contributed by atoms with Crippen molar-refractivity contribution in [1.82, 2.24) is 10.0 Å². The normalized spacial score (nSPS) is 17.2. The highest BCUT2D eigenvalue weighted by Crippen LogP contribution is 2.36. The summed E-state index contributed by atoms with van der Waals surface area (Å²) in [7, 11) is -3.84. The Balaban J connectivity index is 2.37. The van der Waals surface area contributed by atoms with E-state index in [1.807, 2.05) is 13.8 Å². The number of rotatable bonds is 6. The van der Waals surface area contributed by atoms with Gasteiger partial charge in [-0.15, -0.1) is 0 Å². The topological polar surface area (TPSA) is 58.2 Å². The van der Waals surface area contributed by atoms with Gasteiger partial charge in [0.2, 0.25) is 10.0 Å². The zero-order valence-electron chi connectivity index (χ0n) is 11.5. The predicted octanol–water partition coefficient (Wildman–Crippen LogP) is 2.53. The van der Waals surface area contributed by atoms with Crippen LogP contribution in [0.4, 0.5) is 4.39 Å². The van der Waals surface area contributed by atoms with Crippen molar-refractivity contribution in [1.29, 1.82) is 0 Å². The Labute approximate surface area is 127 Å². The van der Waals surface area contributed by atoms with Crippen molar-refractivity contribution < 1.29 is 12.8 Å². The number of sulfonamides is 1. The molecule has 0 radical (unpaired) electrons. The second-order valence-electron chi connectivity index (χ2n) is 5.32. The Morgan fingerprint density at radius 1 is 1.40 bits per heavy atom. The molecular formula is C13H18BrFN2O2S. The third-order valence-electron chi connectivity index (χ3n) is 3.32. The van der Waals surface area contributed by atoms with Crippen molar-refractivity contribution in [2.45, 2.75) is 43.7 Å². The molecule has 1 saturated carbocycles. The van der Waals surface area contributed by atoms with Gasteiger partial charge in [-0.05, 0) is 38.4 Å². The van der Waals surface area contributed by atoms with Crippen LogP contribution in [-0.4, -0.2) is 20.5 Å². The van der Waals surface area contributed by atoms with Crippen molar-refractivity contribution >= 4 is 26.0 Å². The molecule has 0 aromatic heterocycles. The molecule has 0 amide bonds. The number of hydrogen-bond acceptors (Lipinski definition) is 3. The molecule has 1 aliphatic carbocycles. The fourth-order valence-corrected chi connectivity index (χ4v) is 4.14. The summed E-state index contributed by atoms with van der Waals surface area (Å²) >= 11 is 3.24. The standard InChI is InChI=1S/C13H18BrFN2O2S/c1-3-16-8-9-6-10(14)7-11(12(9)15)20(18,19)17-13(2)4-5-13/h6-7,16-17H,3-5,8H2,1-2H3. The van der Waals surface area contributed by atoms with E-state index < -0.39 is 21.4 Å². The van der Waals surface area contributed by atoms with E-state index in [-0.39, 0.29) is 4.90 Å². The lowest BCUT2D eigenvalue weighted by molar-refractivity contribution is 0.531. The third-order valence-corrected chi connectivity index (χ3v) is 5.41. The van der Waals surface area contributed by atoms with E-state index in [1.165, 1.54) is 6.07 Å². The Hall–Kier alpha value is -0.500. The van der Waals surface area contributed by atoms with Gasteiger partial charge in [0, 0.05) is 22.1 Å². The molecule has 20 heavy (non-hydrogen) atoms. The van der Waals surface area contributed by atoms with Crippen molar-refractivity contribution in [3.05, 3.63) is 28.0 Å². The summed E-state index contributed by atoms with van der Waals surface area (Å²) in [6.45, 7) is 4.70. The van der Waals surface area contributed by atoms with Crippen LogP contribution in [0, 0.1) is 5.82 Å². The van der Waals surface area contributed by atoms with E-state index in [0.717, 1.165) is 12.8 Å². The van der Waals surface area contributed by atoms with Crippen LogP contribution in [0.3, 0.4) is 0 Å². The largest absolute Gasteiger partial charge is 0.313 e. The summed E-state index contributed by atoms with van der Waals surface area (Å²) in [4.78, 5) is -0.298. The lowest BCUT2D eigenvalue weighted by Crippen LogP contribution is -2.35. The summed E-state index contributed by atoms with van der Waals surface area (Å²) in [6.07, 6.45) is 1.57. The van der Waals surface area contributed by atoms with Gasteiger partial charge >= 0.3 is 0 Å². The van der Waals surface area contributed by atoms with Gasteiger partial charge in [-0.3, -0.25) is 0 Å². The second-order valence-corrected chi connectivity index (χ2v) is 7.89. The molecule has 1 aromatic carbocycles. The zero-order chi connectivity index (χ0) is 15.0. The molecule has 7 heteroatoms. The summed E-state index contributed by atoms with van der Waals surface area (Å²) in [5.74, 6) is -0.689. The fraction of sp³-hybridized carbons (Fsp3) is 0.538. The molecule has 2 N–H and O–H groups in total. The molecule has 0 atom stereocenters. The number of benzene rings is 1. The van der Waals surface area contributed by atoms with Gasteiger partial charge in [0.15, 0.2) is 0 Å². The van der Waals surface area contributed by atoms with Crippen molar-refractivity contribution in [3.63, 3.8) is 0 Å². The van der Waals surface area contributed by atoms with E-state index in [2.05, 4.69) is 26.0 Å². The maximum absolute atomic E-state index is 14.4. The monoisotopic (exact) mass is 364 g/mol. The Morgan fingerprint density at radius 3 is 2.60 bits per heavy atom. The smallest absolute Gasteiger partial charge is 0.244 e. The van der Waals surface area contributed by atoms with E-state index in [9.17, 15) is 12.8 Å². The molecule has 112 valence electrons. The van der Waals surface area contributed by atoms with Crippen LogP contribution < -0.4 is 10.0 Å². The molecule has 0 bridgehead atoms. The summed E-state index contributed by atoms with van der Waals surface area (Å²) in [6, 6.07) is 2.90. The van der Waals surface area contributed by atoms with E-state index in [1.54, 1.807) is 6.07 Å². The third kappa shape index (κ3) is 3.58. The maximum Gasteiger partial charge on any atom is 0.244 e. The first kappa shape index (κ1) is 15.9. The van der Waals surface area contributed by atoms with Crippen LogP contribution in [0.2, 0.25) is 0 Å². The molecule has 1 fully saturated rings. The quantitative estimate of drug-likeness (QED) is 0.815. The molecule has 0 aliphatic heterocycles. The minimum atomic E-state index is -3.84. The minimum Gasteiger partial charge on any atom is -0.313 e. The predicted molar refractivity (Wildman–Crippen MR) is 79.4 cm³/mol. The molecule has 0 heterocycles. The van der Waals surface area contributed by atoms with Crippen LogP contribution in [0.25, 0.3) is 0 Å². The number of hydrogen-bond donors (Lipinski definition) is 2. The van der Waals surface area contributed by atoms with Gasteiger partial charge in [-0.2, -0.15) is 0 Å². The van der Waals surface area contributed by atoms with Crippen LogP contribution in [0.15, 0.2) is 21.5 Å². The summed E-state index contributed by atoms with van der Waals surface area (Å²) < 4.78 is 42.1. The van der Waals surface area contributed by atoms with Crippen LogP contribution in [0.5, 0.6) is 0 Å². The van der Waals surface area contributed by atoms with Crippen molar-refractivity contribution in [2.24, 2.45) is 0 Å². The lowest BCUT2D eigenvalue weighted by Gasteiger charge is -2.15. The van der Waals surface area contributed by atoms with Crippen LogP contribution in [0.1, 0.15) is 32.3 Å². The average Bonchev–Trinajstić information content (AvgIpc) is 3.06. The molecular weight excluding hydrogens is 347 g/mol. The molecule has 1 aromatic rings. The van der Waals surface area contributed by atoms with Gasteiger partial charge in [0.1, 0.15) is 10.7 Å². The molecule has 0 spiro atoms. The highest BCUT2D eigenvalue weighted by molar-refractivity contribution is 9.10. The maximum atomic E-state index is 14.4. The van der Waals surface area contributed by atoms with Gasteiger partial charge in [-0.25, -0.2) is 17.5 Å². The van der Waals surface area contributed by atoms with Crippen molar-refractivity contribution in [2.75, 3.05) is 6.54 Å². The first-order valence-corrected chi connectivity index (χ1v) is 8.78. The molecule has 2 rings (SSSR count). The van der Waals surface area contributed by atoms with Gasteiger partial charge < -0.3 is 5.32 Å². The zero-order valence-corrected chi connectivity index (χ0v) is 13.9. The van der Waals surface area contributed by atoms with E-state index in [4.69, 9.17) is 0 Å². The van der Waals surface area contributed by atoms with E-state index >= 15 is 0 Å². The summed E-state index contributed by atoms with van der Waals surface area (Å²) in [5.41, 5.74) is -0.0855. The first-order valence-electron chi connectivity index (χ1n) is 6.50. The summed E-state index contributed by atoms with van der Waals surface area (Å²) in [5, 5.41) is 3.00. The highest BCUT2D eigenvalue weighted by atomic mass is 79.9. The van der Waals surface area contributed by atoms with Crippen molar-refractivity contribution in [3.8, 4) is 0 Å². The van der Waals surface area contributed by atoms with E-state index in [0.29, 0.717) is 23.1 Å². The van der Waals surface area contributed by atoms with Crippen LogP contribution in [-0.2, 0) is 16.6 Å². The van der Waals surface area contributed by atoms with Gasteiger partial charge in [-0.1, -0.05) is 22.9 Å². The molecule has 1 aliphatic rings. The van der Waals surface area contributed by atoms with Gasteiger partial charge in [0.05, 0.1) is 0 Å². The highest BCUT2D eigenvalue weighted by Gasteiger charge is 2.42. The van der Waals surface area contributed by atoms with Gasteiger partial charge in [0.25, 0.3) is 0 Å². The lowest BCUT2D eigenvalue weighted by atomic mass is 10.2. The first-order chi connectivity index (χ1) is 9.27. The SMILES string of the molecule is CCNCc1cc(Br)cc(S(=O)(=O)NC2(C)CC2)c1F. The second kappa shape index (κ2) is 5.71. The number of nitrogens with one attached hydrogen (secondary N) is 2. The Kier molecular flexibility index (Phi) is 4.53. The minimum absolute atomic E-state index is 0.293. The number of halogens is 2. The average molecular weight is 365 g/mol.